The first-order valence-corrected chi connectivity index (χ1v) is 4.44. The van der Waals surface area contributed by atoms with E-state index in [0.717, 1.165) is 0 Å². The van der Waals surface area contributed by atoms with Crippen molar-refractivity contribution >= 4 is 17.5 Å². The van der Waals surface area contributed by atoms with Crippen molar-refractivity contribution in [2.24, 2.45) is 5.92 Å². The van der Waals surface area contributed by atoms with Gasteiger partial charge in [-0.15, -0.1) is 0 Å². The zero-order chi connectivity index (χ0) is 10.6. The molecule has 4 nitrogen and oxygen atoms in total. The fourth-order valence-corrected chi connectivity index (χ4v) is 1.41. The van der Waals surface area contributed by atoms with E-state index in [4.69, 9.17) is 4.74 Å². The van der Waals surface area contributed by atoms with E-state index in [1.807, 2.05) is 0 Å². The smallest absolute Gasteiger partial charge is 0.310 e. The third-order valence-corrected chi connectivity index (χ3v) is 2.02. The molecule has 1 saturated carbocycles. The molecule has 1 aliphatic rings. The Morgan fingerprint density at radius 1 is 1.43 bits per heavy atom. The minimum atomic E-state index is -0.580. The lowest BCUT2D eigenvalue weighted by Gasteiger charge is -2.17. The average Bonchev–Trinajstić information content (AvgIpc) is 2.12. The van der Waals surface area contributed by atoms with Crippen LogP contribution in [0.25, 0.3) is 0 Å². The summed E-state index contributed by atoms with van der Waals surface area (Å²) in [7, 11) is 0. The van der Waals surface area contributed by atoms with E-state index in [1.165, 1.54) is 6.08 Å². The van der Waals surface area contributed by atoms with E-state index >= 15 is 0 Å². The van der Waals surface area contributed by atoms with Gasteiger partial charge in [0.05, 0.1) is 12.3 Å². The van der Waals surface area contributed by atoms with Crippen LogP contribution in [-0.4, -0.2) is 24.1 Å². The number of hydrogen-bond donors (Lipinski definition) is 0. The van der Waals surface area contributed by atoms with Crippen LogP contribution in [0.5, 0.6) is 0 Å². The largest absolute Gasteiger partial charge is 0.461 e. The molecule has 0 spiro atoms. The Balaban J connectivity index is 2.50. The second kappa shape index (κ2) is 4.69. The minimum absolute atomic E-state index is 0.0365. The van der Waals surface area contributed by atoms with Crippen LogP contribution in [0.2, 0.25) is 0 Å². The molecule has 0 aromatic heterocycles. The zero-order valence-electron chi connectivity index (χ0n) is 7.82. The van der Waals surface area contributed by atoms with Gasteiger partial charge in [0, 0.05) is 12.8 Å². The second-order valence-corrected chi connectivity index (χ2v) is 3.28. The van der Waals surface area contributed by atoms with Crippen LogP contribution in [0.3, 0.4) is 0 Å². The number of carbonyl (C=O) groups excluding carboxylic acids is 3. The van der Waals surface area contributed by atoms with Crippen molar-refractivity contribution in [3.05, 3.63) is 12.7 Å². The SMILES string of the molecule is C=CCOC(=O)C1CC(=O)CC(=O)C1. The maximum atomic E-state index is 11.3. The molecule has 0 bridgehead atoms. The van der Waals surface area contributed by atoms with Gasteiger partial charge in [0.15, 0.2) is 0 Å². The Morgan fingerprint density at radius 3 is 2.50 bits per heavy atom. The van der Waals surface area contributed by atoms with Crippen LogP contribution >= 0.6 is 0 Å². The molecule has 1 aliphatic carbocycles. The molecule has 0 heterocycles. The van der Waals surface area contributed by atoms with Crippen molar-refractivity contribution in [2.75, 3.05) is 6.61 Å². The summed E-state index contributed by atoms with van der Waals surface area (Å²) in [6.45, 7) is 3.52. The number of carbonyl (C=O) groups is 3. The highest BCUT2D eigenvalue weighted by Crippen LogP contribution is 2.19. The number of Topliss-reactive ketones (excluding diaryl/α,β-unsaturated/α-hetero) is 2. The lowest BCUT2D eigenvalue weighted by atomic mass is 9.87. The zero-order valence-corrected chi connectivity index (χ0v) is 7.82. The summed E-state index contributed by atoms with van der Waals surface area (Å²) >= 11 is 0. The molecule has 0 aromatic carbocycles. The maximum Gasteiger partial charge on any atom is 0.310 e. The number of ether oxygens (including phenoxy) is 1. The Bertz CT molecular complexity index is 264. The lowest BCUT2D eigenvalue weighted by molar-refractivity contribution is -0.152. The van der Waals surface area contributed by atoms with Gasteiger partial charge < -0.3 is 4.74 Å². The summed E-state index contributed by atoms with van der Waals surface area (Å²) in [6.07, 6.45) is 1.67. The summed E-state index contributed by atoms with van der Waals surface area (Å²) in [5.41, 5.74) is 0. The molecule has 1 rings (SSSR count). The van der Waals surface area contributed by atoms with Crippen molar-refractivity contribution in [2.45, 2.75) is 19.3 Å². The molecule has 0 radical (unpaired) electrons. The molecule has 76 valence electrons. The van der Waals surface area contributed by atoms with Gasteiger partial charge in [-0.1, -0.05) is 12.7 Å². The van der Waals surface area contributed by atoms with E-state index in [9.17, 15) is 14.4 Å². The molecule has 0 aromatic rings. The monoisotopic (exact) mass is 196 g/mol. The normalized spacial score (nSPS) is 18.0. The van der Waals surface area contributed by atoms with Crippen LogP contribution < -0.4 is 0 Å². The summed E-state index contributed by atoms with van der Waals surface area (Å²) in [5, 5.41) is 0. The third-order valence-electron chi connectivity index (χ3n) is 2.02. The van der Waals surface area contributed by atoms with Gasteiger partial charge >= 0.3 is 5.97 Å². The second-order valence-electron chi connectivity index (χ2n) is 3.28. The van der Waals surface area contributed by atoms with Crippen molar-refractivity contribution in [3.8, 4) is 0 Å². The lowest BCUT2D eigenvalue weighted by Crippen LogP contribution is -2.29. The quantitative estimate of drug-likeness (QED) is 0.378. The van der Waals surface area contributed by atoms with E-state index < -0.39 is 11.9 Å². The first-order chi connectivity index (χ1) is 6.63. The Kier molecular flexibility index (Phi) is 3.56. The van der Waals surface area contributed by atoms with E-state index in [2.05, 4.69) is 6.58 Å². The molecule has 1 fully saturated rings. The summed E-state index contributed by atoms with van der Waals surface area (Å²) in [4.78, 5) is 33.3. The first kappa shape index (κ1) is 10.6. The number of esters is 1. The van der Waals surface area contributed by atoms with Crippen LogP contribution in [-0.2, 0) is 19.1 Å². The maximum absolute atomic E-state index is 11.3. The summed E-state index contributed by atoms with van der Waals surface area (Å²) < 4.78 is 4.77. The average molecular weight is 196 g/mol. The van der Waals surface area contributed by atoms with Gasteiger partial charge in [-0.05, 0) is 0 Å². The van der Waals surface area contributed by atoms with Gasteiger partial charge in [-0.25, -0.2) is 0 Å². The number of rotatable bonds is 3. The highest BCUT2D eigenvalue weighted by atomic mass is 16.5. The molecule has 0 amide bonds. The topological polar surface area (TPSA) is 60.4 Å². The van der Waals surface area contributed by atoms with E-state index in [1.54, 1.807) is 0 Å². The minimum Gasteiger partial charge on any atom is -0.461 e. The third kappa shape index (κ3) is 2.80. The Labute approximate surface area is 81.9 Å². The molecular formula is C10H12O4. The highest BCUT2D eigenvalue weighted by molar-refractivity contribution is 6.04. The van der Waals surface area contributed by atoms with Gasteiger partial charge in [-0.2, -0.15) is 0 Å². The number of hydrogen-bond acceptors (Lipinski definition) is 4. The van der Waals surface area contributed by atoms with Crippen molar-refractivity contribution in [1.82, 2.24) is 0 Å². The standard InChI is InChI=1S/C10H12O4/c1-2-3-14-10(13)7-4-8(11)6-9(12)5-7/h2,7H,1,3-6H2. The van der Waals surface area contributed by atoms with Crippen LogP contribution in [0.15, 0.2) is 12.7 Å². The molecular weight excluding hydrogens is 184 g/mol. The van der Waals surface area contributed by atoms with Gasteiger partial charge in [-0.3, -0.25) is 14.4 Å². The van der Waals surface area contributed by atoms with Crippen molar-refractivity contribution in [3.63, 3.8) is 0 Å². The fourth-order valence-electron chi connectivity index (χ4n) is 1.41. The predicted octanol–water partition coefficient (Wildman–Crippen LogP) is 0.654. The fraction of sp³-hybridized carbons (Fsp3) is 0.500. The molecule has 0 atom stereocenters. The van der Waals surface area contributed by atoms with Crippen molar-refractivity contribution < 1.29 is 19.1 Å². The molecule has 0 unspecified atom stereocenters. The first-order valence-electron chi connectivity index (χ1n) is 4.44. The van der Waals surface area contributed by atoms with Gasteiger partial charge in [0.2, 0.25) is 0 Å². The van der Waals surface area contributed by atoms with Gasteiger partial charge in [0.1, 0.15) is 18.2 Å². The van der Waals surface area contributed by atoms with E-state index in [0.29, 0.717) is 0 Å². The highest BCUT2D eigenvalue weighted by Gasteiger charge is 2.31. The predicted molar refractivity (Wildman–Crippen MR) is 48.5 cm³/mol. The number of ketones is 2. The van der Waals surface area contributed by atoms with E-state index in [-0.39, 0.29) is 37.4 Å². The molecule has 0 saturated heterocycles. The summed E-state index contributed by atoms with van der Waals surface area (Å²) in [5.74, 6) is -1.42. The van der Waals surface area contributed by atoms with Crippen molar-refractivity contribution in [1.29, 1.82) is 0 Å². The Hall–Kier alpha value is -1.45. The molecule has 14 heavy (non-hydrogen) atoms. The molecule has 0 N–H and O–H groups in total. The van der Waals surface area contributed by atoms with Crippen LogP contribution in [0.1, 0.15) is 19.3 Å². The summed E-state index contributed by atoms with van der Waals surface area (Å²) in [6, 6.07) is 0. The molecule has 0 aliphatic heterocycles. The Morgan fingerprint density at radius 2 is 2.00 bits per heavy atom. The van der Waals surface area contributed by atoms with Gasteiger partial charge in [0.25, 0.3) is 0 Å². The van der Waals surface area contributed by atoms with Crippen LogP contribution in [0.4, 0.5) is 0 Å². The molecule has 4 heteroatoms. The van der Waals surface area contributed by atoms with Crippen LogP contribution in [0, 0.1) is 5.92 Å².